The second-order valence-corrected chi connectivity index (χ2v) is 12.6. The third-order valence-electron chi connectivity index (χ3n) is 10.2. The minimum atomic E-state index is 0.927. The van der Waals surface area contributed by atoms with E-state index in [2.05, 4.69) is 135 Å². The second kappa shape index (κ2) is 9.45. The van der Waals surface area contributed by atoms with Crippen LogP contribution in [-0.4, -0.2) is 0 Å². The molecule has 2 heteroatoms. The van der Waals surface area contributed by atoms with Gasteiger partial charge in [-0.1, -0.05) is 105 Å². The average Bonchev–Trinajstić information content (AvgIpc) is 3.68. The molecule has 0 aliphatic heterocycles. The summed E-state index contributed by atoms with van der Waals surface area (Å²) in [4.78, 5) is 0. The maximum atomic E-state index is 6.69. The summed E-state index contributed by atoms with van der Waals surface area (Å²) in [7, 11) is 0. The lowest BCUT2D eigenvalue weighted by Crippen LogP contribution is -1.91. The number of para-hydroxylation sites is 2. The van der Waals surface area contributed by atoms with Crippen LogP contribution in [0.5, 0.6) is 0 Å². The summed E-state index contributed by atoms with van der Waals surface area (Å²) in [5, 5.41) is 12.2. The molecule has 0 fully saturated rings. The smallest absolute Gasteiger partial charge is 0.143 e. The highest BCUT2D eigenvalue weighted by molar-refractivity contribution is 6.29. The minimum Gasteiger partial charge on any atom is -0.455 e. The number of hydrogen-bond acceptors (Lipinski definition) is 2. The first-order chi connectivity index (χ1) is 22.7. The van der Waals surface area contributed by atoms with Crippen molar-refractivity contribution in [1.82, 2.24) is 0 Å². The summed E-state index contributed by atoms with van der Waals surface area (Å²) in [6.07, 6.45) is 1.99. The summed E-state index contributed by atoms with van der Waals surface area (Å²) in [6.45, 7) is 4.40. The molecular weight excluding hydrogens is 560 g/mol. The van der Waals surface area contributed by atoms with Gasteiger partial charge in [-0.2, -0.15) is 0 Å². The fourth-order valence-corrected chi connectivity index (χ4v) is 7.83. The van der Waals surface area contributed by atoms with Crippen molar-refractivity contribution in [3.05, 3.63) is 132 Å². The van der Waals surface area contributed by atoms with Gasteiger partial charge in [-0.15, -0.1) is 0 Å². The van der Waals surface area contributed by atoms with Crippen LogP contribution in [0.3, 0.4) is 0 Å². The summed E-state index contributed by atoms with van der Waals surface area (Å²) in [5.41, 5.74) is 10.9. The van der Waals surface area contributed by atoms with Gasteiger partial charge < -0.3 is 8.83 Å². The predicted molar refractivity (Wildman–Crippen MR) is 194 cm³/mol. The molecular formula is C44H30O2. The van der Waals surface area contributed by atoms with Crippen molar-refractivity contribution < 1.29 is 8.83 Å². The van der Waals surface area contributed by atoms with Crippen LogP contribution in [-0.2, 0) is 12.8 Å². The first-order valence-corrected chi connectivity index (χ1v) is 16.3. The van der Waals surface area contributed by atoms with Crippen molar-refractivity contribution in [2.75, 3.05) is 0 Å². The summed E-state index contributed by atoms with van der Waals surface area (Å²) in [5.74, 6) is 0. The van der Waals surface area contributed by atoms with E-state index in [1.54, 1.807) is 0 Å². The lowest BCUT2D eigenvalue weighted by atomic mass is 9.85. The van der Waals surface area contributed by atoms with E-state index >= 15 is 0 Å². The molecule has 0 atom stereocenters. The van der Waals surface area contributed by atoms with Gasteiger partial charge in [-0.05, 0) is 97.7 Å². The van der Waals surface area contributed by atoms with Crippen molar-refractivity contribution in [1.29, 1.82) is 0 Å². The van der Waals surface area contributed by atoms with Gasteiger partial charge in [-0.3, -0.25) is 0 Å². The monoisotopic (exact) mass is 590 g/mol. The van der Waals surface area contributed by atoms with Crippen molar-refractivity contribution in [2.45, 2.75) is 26.7 Å². The largest absolute Gasteiger partial charge is 0.455 e. The van der Waals surface area contributed by atoms with E-state index in [1.807, 2.05) is 0 Å². The molecule has 2 heterocycles. The van der Waals surface area contributed by atoms with Gasteiger partial charge in [0.05, 0.1) is 0 Å². The fourth-order valence-electron chi connectivity index (χ4n) is 7.83. The first kappa shape index (κ1) is 25.7. The lowest BCUT2D eigenvalue weighted by Gasteiger charge is -2.18. The van der Waals surface area contributed by atoms with Gasteiger partial charge in [0.2, 0.25) is 0 Å². The number of benzene rings is 8. The molecule has 0 aliphatic carbocycles. The average molecular weight is 591 g/mol. The highest BCUT2D eigenvalue weighted by atomic mass is 16.3. The van der Waals surface area contributed by atoms with Crippen LogP contribution in [0.15, 0.2) is 130 Å². The van der Waals surface area contributed by atoms with E-state index in [-0.39, 0.29) is 0 Å². The Morgan fingerprint density at radius 2 is 0.891 bits per heavy atom. The van der Waals surface area contributed by atoms with E-state index in [4.69, 9.17) is 8.83 Å². The minimum absolute atomic E-state index is 0.927. The van der Waals surface area contributed by atoms with E-state index in [0.29, 0.717) is 0 Å². The van der Waals surface area contributed by atoms with Crippen LogP contribution in [0, 0.1) is 0 Å². The van der Waals surface area contributed by atoms with E-state index in [9.17, 15) is 0 Å². The molecule has 0 unspecified atom stereocenters. The second-order valence-electron chi connectivity index (χ2n) is 12.6. The van der Waals surface area contributed by atoms with Crippen molar-refractivity contribution in [3.63, 3.8) is 0 Å². The molecule has 0 amide bonds. The maximum Gasteiger partial charge on any atom is 0.143 e. The number of rotatable bonds is 4. The molecule has 0 saturated carbocycles. The molecule has 10 rings (SSSR count). The van der Waals surface area contributed by atoms with Gasteiger partial charge in [0.1, 0.15) is 22.3 Å². The van der Waals surface area contributed by atoms with Gasteiger partial charge in [0.15, 0.2) is 0 Å². The highest BCUT2D eigenvalue weighted by Gasteiger charge is 2.22. The lowest BCUT2D eigenvalue weighted by molar-refractivity contribution is 0.669. The Bertz CT molecular complexity index is 2640. The van der Waals surface area contributed by atoms with Crippen LogP contribution < -0.4 is 0 Å². The summed E-state index contributed by atoms with van der Waals surface area (Å²) in [6, 6.07) is 44.5. The zero-order valence-electron chi connectivity index (χ0n) is 25.8. The van der Waals surface area contributed by atoms with E-state index in [1.165, 1.54) is 65.3 Å². The Kier molecular flexibility index (Phi) is 5.28. The molecule has 8 aromatic carbocycles. The Labute approximate surface area is 265 Å². The fraction of sp³-hybridized carbons (Fsp3) is 0.0909. The molecule has 2 aromatic heterocycles. The predicted octanol–water partition coefficient (Wildman–Crippen LogP) is 12.8. The topological polar surface area (TPSA) is 26.3 Å². The van der Waals surface area contributed by atoms with Crippen LogP contribution in [0.25, 0.3) is 98.4 Å². The molecule has 0 N–H and O–H groups in total. The third kappa shape index (κ3) is 3.47. The Morgan fingerprint density at radius 3 is 1.39 bits per heavy atom. The molecule has 0 aliphatic rings. The van der Waals surface area contributed by atoms with E-state index < -0.39 is 0 Å². The van der Waals surface area contributed by atoms with Gasteiger partial charge in [0.25, 0.3) is 0 Å². The molecule has 10 aromatic rings. The normalized spacial score (nSPS) is 12.3. The third-order valence-corrected chi connectivity index (χ3v) is 10.2. The SMILES string of the molecule is CCc1ccc2oc3c(-c4cc(-c5cccc6c5oc5ccc(CC)cc56)c5ccc6cccc7ccc4c5c76)cccc3c2c1. The van der Waals surface area contributed by atoms with Gasteiger partial charge in [0, 0.05) is 32.7 Å². The van der Waals surface area contributed by atoms with Gasteiger partial charge in [-0.25, -0.2) is 0 Å². The van der Waals surface area contributed by atoms with Crippen LogP contribution >= 0.6 is 0 Å². The Morgan fingerprint density at radius 1 is 0.391 bits per heavy atom. The Hall–Kier alpha value is -5.60. The molecule has 46 heavy (non-hydrogen) atoms. The zero-order valence-corrected chi connectivity index (χ0v) is 25.8. The number of aryl methyl sites for hydroxylation is 2. The summed E-state index contributed by atoms with van der Waals surface area (Å²) < 4.78 is 13.4. The zero-order chi connectivity index (χ0) is 30.5. The van der Waals surface area contributed by atoms with Crippen LogP contribution in [0.1, 0.15) is 25.0 Å². The van der Waals surface area contributed by atoms with Crippen LogP contribution in [0.4, 0.5) is 0 Å². The number of fused-ring (bicyclic) bond motifs is 6. The summed E-state index contributed by atoms with van der Waals surface area (Å²) >= 11 is 0. The molecule has 0 bridgehead atoms. The number of furan rings is 2. The number of hydrogen-bond donors (Lipinski definition) is 0. The molecule has 0 radical (unpaired) electrons. The van der Waals surface area contributed by atoms with Crippen molar-refractivity contribution >= 4 is 76.2 Å². The van der Waals surface area contributed by atoms with Gasteiger partial charge >= 0.3 is 0 Å². The van der Waals surface area contributed by atoms with Crippen LogP contribution in [0.2, 0.25) is 0 Å². The molecule has 2 nitrogen and oxygen atoms in total. The first-order valence-electron chi connectivity index (χ1n) is 16.3. The molecule has 0 saturated heterocycles. The Balaban J connectivity index is 1.36. The molecule has 218 valence electrons. The standard InChI is InChI=1S/C44H30O2/c1-3-25-14-20-39-37(22-25)33-12-6-10-31(43(33)45-39)35-24-36(30-19-17-28-9-5-8-27-16-18-29(35)42(30)41(27)28)32-11-7-13-34-38-23-26(4-2)15-21-40(38)46-44(32)34/h5-24H,3-4H2,1-2H3. The molecule has 0 spiro atoms. The maximum absolute atomic E-state index is 6.69. The highest BCUT2D eigenvalue weighted by Crippen LogP contribution is 2.48. The van der Waals surface area contributed by atoms with Crippen molar-refractivity contribution in [3.8, 4) is 22.3 Å². The van der Waals surface area contributed by atoms with Crippen molar-refractivity contribution in [2.24, 2.45) is 0 Å². The quantitative estimate of drug-likeness (QED) is 0.191. The van der Waals surface area contributed by atoms with E-state index in [0.717, 1.165) is 57.1 Å².